The Hall–Kier alpha value is -2.36. The highest BCUT2D eigenvalue weighted by Gasteiger charge is 2.05. The number of anilines is 1. The minimum atomic E-state index is -0.354. The van der Waals surface area contributed by atoms with Crippen LogP contribution in [0.15, 0.2) is 48.5 Å². The van der Waals surface area contributed by atoms with Crippen LogP contribution in [0.4, 0.5) is 10.1 Å². The van der Waals surface area contributed by atoms with Gasteiger partial charge in [0.15, 0.2) is 0 Å². The average Bonchev–Trinajstić information content (AvgIpc) is 2.33. The zero-order valence-corrected chi connectivity index (χ0v) is 8.85. The van der Waals surface area contributed by atoms with Gasteiger partial charge in [-0.05, 0) is 48.5 Å². The number of hydrogen-bond donors (Lipinski definition) is 2. The monoisotopic (exact) mass is 231 g/mol. The van der Waals surface area contributed by atoms with Gasteiger partial charge >= 0.3 is 0 Å². The van der Waals surface area contributed by atoms with Crippen molar-refractivity contribution in [1.29, 1.82) is 0 Å². The molecule has 0 aromatic heterocycles. The van der Waals surface area contributed by atoms with E-state index in [1.807, 2.05) is 0 Å². The summed E-state index contributed by atoms with van der Waals surface area (Å²) < 4.78 is 12.7. The molecule has 2 aromatic rings. The first-order valence-electron chi connectivity index (χ1n) is 5.01. The van der Waals surface area contributed by atoms with E-state index in [1.165, 1.54) is 48.5 Å². The molecule has 4 heteroatoms. The van der Waals surface area contributed by atoms with Gasteiger partial charge in [-0.15, -0.1) is 0 Å². The summed E-state index contributed by atoms with van der Waals surface area (Å²) in [6.07, 6.45) is 0. The highest BCUT2D eigenvalue weighted by Crippen LogP contribution is 2.13. The van der Waals surface area contributed by atoms with Crippen LogP contribution in [0, 0.1) is 5.82 Å². The topological polar surface area (TPSA) is 49.3 Å². The van der Waals surface area contributed by atoms with E-state index in [0.29, 0.717) is 11.3 Å². The molecule has 0 aliphatic heterocycles. The molecule has 0 atom stereocenters. The fourth-order valence-corrected chi connectivity index (χ4v) is 1.35. The molecule has 1 amide bonds. The smallest absolute Gasteiger partial charge is 0.255 e. The number of nitrogens with one attached hydrogen (secondary N) is 1. The van der Waals surface area contributed by atoms with E-state index in [2.05, 4.69) is 5.32 Å². The van der Waals surface area contributed by atoms with E-state index in [4.69, 9.17) is 5.11 Å². The number of amides is 1. The highest BCUT2D eigenvalue weighted by atomic mass is 19.1. The van der Waals surface area contributed by atoms with Gasteiger partial charge in [0.25, 0.3) is 5.91 Å². The summed E-state index contributed by atoms with van der Waals surface area (Å²) in [4.78, 5) is 11.7. The number of carbonyl (C=O) groups excluding carboxylic acids is 1. The highest BCUT2D eigenvalue weighted by molar-refractivity contribution is 6.04. The fourth-order valence-electron chi connectivity index (χ4n) is 1.35. The summed E-state index contributed by atoms with van der Waals surface area (Å²) in [6, 6.07) is 11.4. The van der Waals surface area contributed by atoms with E-state index >= 15 is 0 Å². The van der Waals surface area contributed by atoms with Gasteiger partial charge in [-0.2, -0.15) is 0 Å². The van der Waals surface area contributed by atoms with Gasteiger partial charge in [-0.1, -0.05) is 0 Å². The Balaban J connectivity index is 2.11. The van der Waals surface area contributed by atoms with Crippen molar-refractivity contribution >= 4 is 11.6 Å². The predicted octanol–water partition coefficient (Wildman–Crippen LogP) is 2.78. The standard InChI is InChI=1S/C13H10FNO2/c14-10-3-5-11(6-4-10)15-13(17)9-1-7-12(16)8-2-9/h1-8,16H,(H,15,17). The number of rotatable bonds is 2. The molecule has 2 aromatic carbocycles. The second-order valence-corrected chi connectivity index (χ2v) is 3.51. The summed E-state index contributed by atoms with van der Waals surface area (Å²) in [5.41, 5.74) is 0.941. The molecule has 2 rings (SSSR count). The zero-order valence-electron chi connectivity index (χ0n) is 8.85. The van der Waals surface area contributed by atoms with E-state index in [-0.39, 0.29) is 17.5 Å². The van der Waals surface area contributed by atoms with Crippen molar-refractivity contribution in [3.8, 4) is 5.75 Å². The molecule has 0 heterocycles. The third kappa shape index (κ3) is 2.81. The number of aromatic hydroxyl groups is 1. The number of halogens is 1. The molecule has 86 valence electrons. The molecule has 0 radical (unpaired) electrons. The molecule has 0 saturated heterocycles. The van der Waals surface area contributed by atoms with E-state index in [9.17, 15) is 9.18 Å². The van der Waals surface area contributed by atoms with Crippen LogP contribution in [0.3, 0.4) is 0 Å². The first-order chi connectivity index (χ1) is 8.15. The van der Waals surface area contributed by atoms with Crippen LogP contribution in [0.5, 0.6) is 5.75 Å². The Morgan fingerprint density at radius 2 is 1.59 bits per heavy atom. The van der Waals surface area contributed by atoms with Crippen LogP contribution < -0.4 is 5.32 Å². The van der Waals surface area contributed by atoms with Gasteiger partial charge in [0.2, 0.25) is 0 Å². The number of phenols is 1. The SMILES string of the molecule is O=C(Nc1ccc(F)cc1)c1ccc(O)cc1. The van der Waals surface area contributed by atoms with E-state index in [0.717, 1.165) is 0 Å². The van der Waals surface area contributed by atoms with Crippen LogP contribution in [-0.4, -0.2) is 11.0 Å². The van der Waals surface area contributed by atoms with Gasteiger partial charge in [-0.25, -0.2) is 4.39 Å². The summed E-state index contributed by atoms with van der Waals surface area (Å²) in [7, 11) is 0. The molecule has 0 saturated carbocycles. The van der Waals surface area contributed by atoms with Gasteiger partial charge in [0, 0.05) is 11.3 Å². The third-order valence-electron chi connectivity index (χ3n) is 2.23. The van der Waals surface area contributed by atoms with Crippen LogP contribution in [0.2, 0.25) is 0 Å². The lowest BCUT2D eigenvalue weighted by atomic mass is 10.2. The van der Waals surface area contributed by atoms with Crippen molar-refractivity contribution in [1.82, 2.24) is 0 Å². The van der Waals surface area contributed by atoms with Crippen molar-refractivity contribution < 1.29 is 14.3 Å². The van der Waals surface area contributed by atoms with Gasteiger partial charge < -0.3 is 10.4 Å². The van der Waals surface area contributed by atoms with Gasteiger partial charge in [0.1, 0.15) is 11.6 Å². The minimum Gasteiger partial charge on any atom is -0.508 e. The maximum atomic E-state index is 12.7. The Morgan fingerprint density at radius 3 is 2.18 bits per heavy atom. The fraction of sp³-hybridized carbons (Fsp3) is 0. The molecule has 0 fully saturated rings. The average molecular weight is 231 g/mol. The molecule has 0 aliphatic rings. The lowest BCUT2D eigenvalue weighted by Crippen LogP contribution is -2.11. The lowest BCUT2D eigenvalue weighted by Gasteiger charge is -2.05. The molecule has 0 spiro atoms. The van der Waals surface area contributed by atoms with Crippen molar-refractivity contribution in [2.24, 2.45) is 0 Å². The van der Waals surface area contributed by atoms with E-state index < -0.39 is 0 Å². The molecule has 0 bridgehead atoms. The van der Waals surface area contributed by atoms with E-state index in [1.54, 1.807) is 0 Å². The molecular formula is C13H10FNO2. The first kappa shape index (κ1) is 11.1. The predicted molar refractivity (Wildman–Crippen MR) is 62.5 cm³/mol. The molecule has 3 nitrogen and oxygen atoms in total. The number of benzene rings is 2. The van der Waals surface area contributed by atoms with Crippen LogP contribution in [0.1, 0.15) is 10.4 Å². The van der Waals surface area contributed by atoms with Crippen LogP contribution in [-0.2, 0) is 0 Å². The van der Waals surface area contributed by atoms with Gasteiger partial charge in [0.05, 0.1) is 0 Å². The molecule has 17 heavy (non-hydrogen) atoms. The molecular weight excluding hydrogens is 221 g/mol. The van der Waals surface area contributed by atoms with Gasteiger partial charge in [-0.3, -0.25) is 4.79 Å². The van der Waals surface area contributed by atoms with Crippen LogP contribution in [0.25, 0.3) is 0 Å². The Kier molecular flexibility index (Phi) is 3.05. The summed E-state index contributed by atoms with van der Waals surface area (Å²) >= 11 is 0. The summed E-state index contributed by atoms with van der Waals surface area (Å²) in [5, 5.41) is 11.7. The summed E-state index contributed by atoms with van der Waals surface area (Å²) in [6.45, 7) is 0. The molecule has 0 unspecified atom stereocenters. The summed E-state index contributed by atoms with van der Waals surface area (Å²) in [5.74, 6) is -0.562. The second kappa shape index (κ2) is 4.65. The largest absolute Gasteiger partial charge is 0.508 e. The molecule has 0 aliphatic carbocycles. The Bertz CT molecular complexity index is 520. The maximum Gasteiger partial charge on any atom is 0.255 e. The number of carbonyl (C=O) groups is 1. The van der Waals surface area contributed by atoms with Crippen molar-refractivity contribution in [2.75, 3.05) is 5.32 Å². The van der Waals surface area contributed by atoms with Crippen molar-refractivity contribution in [3.05, 3.63) is 59.9 Å². The number of hydrogen-bond acceptors (Lipinski definition) is 2. The molecule has 2 N–H and O–H groups in total. The Morgan fingerprint density at radius 1 is 1.00 bits per heavy atom. The zero-order chi connectivity index (χ0) is 12.3. The lowest BCUT2D eigenvalue weighted by molar-refractivity contribution is 0.102. The quantitative estimate of drug-likeness (QED) is 0.834. The third-order valence-corrected chi connectivity index (χ3v) is 2.23. The maximum absolute atomic E-state index is 12.7. The first-order valence-corrected chi connectivity index (χ1v) is 5.01. The minimum absolute atomic E-state index is 0.100. The van der Waals surface area contributed by atoms with Crippen molar-refractivity contribution in [3.63, 3.8) is 0 Å². The van der Waals surface area contributed by atoms with Crippen molar-refractivity contribution in [2.45, 2.75) is 0 Å². The Labute approximate surface area is 97.5 Å². The normalized spacial score (nSPS) is 9.94. The van der Waals surface area contributed by atoms with Crippen LogP contribution >= 0.6 is 0 Å². The number of phenolic OH excluding ortho intramolecular Hbond substituents is 1. The second-order valence-electron chi connectivity index (χ2n) is 3.51.